The normalized spacial score (nSPS) is 11.3. The van der Waals surface area contributed by atoms with Crippen LogP contribution < -0.4 is 10.2 Å². The summed E-state index contributed by atoms with van der Waals surface area (Å²) < 4.78 is 10.6. The first-order valence-electron chi connectivity index (χ1n) is 6.20. The van der Waals surface area contributed by atoms with E-state index in [4.69, 9.17) is 32.4 Å². The Morgan fingerprint density at radius 2 is 1.68 bits per heavy atom. The summed E-state index contributed by atoms with van der Waals surface area (Å²) in [6.45, 7) is 1.63. The summed E-state index contributed by atoms with van der Waals surface area (Å²) in [5.74, 6) is -0.366. The summed E-state index contributed by atoms with van der Waals surface area (Å²) >= 11 is 12.2. The number of benzene rings is 2. The number of fused-ring (bicyclic) bond motifs is 2. The molecule has 22 heavy (non-hydrogen) atoms. The van der Waals surface area contributed by atoms with Crippen molar-refractivity contribution in [3.8, 4) is 17.2 Å². The first kappa shape index (κ1) is 14.8. The van der Waals surface area contributed by atoms with Crippen molar-refractivity contribution in [2.45, 2.75) is 6.92 Å². The summed E-state index contributed by atoms with van der Waals surface area (Å²) in [5.41, 5.74) is -0.0641. The topological polar surface area (TPSA) is 79.9 Å². The van der Waals surface area contributed by atoms with Gasteiger partial charge in [-0.1, -0.05) is 23.2 Å². The van der Waals surface area contributed by atoms with Crippen LogP contribution in [0.25, 0.3) is 21.9 Å². The number of halogens is 2. The molecule has 114 valence electrons. The van der Waals surface area contributed by atoms with Crippen LogP contribution in [-0.2, 0) is 0 Å². The van der Waals surface area contributed by atoms with Gasteiger partial charge in [-0.2, -0.15) is 0 Å². The van der Waals surface area contributed by atoms with Crippen LogP contribution in [0.2, 0.25) is 10.0 Å². The second-order valence-corrected chi connectivity index (χ2v) is 5.53. The summed E-state index contributed by atoms with van der Waals surface area (Å²) in [7, 11) is 1.37. The molecule has 3 aromatic rings. The lowest BCUT2D eigenvalue weighted by Crippen LogP contribution is -2.05. The van der Waals surface area contributed by atoms with Crippen LogP contribution in [0.15, 0.2) is 21.3 Å². The second kappa shape index (κ2) is 4.97. The number of ether oxygens (including phenoxy) is 1. The zero-order valence-corrected chi connectivity index (χ0v) is 13.0. The third kappa shape index (κ3) is 1.90. The fourth-order valence-corrected chi connectivity index (χ4v) is 2.86. The van der Waals surface area contributed by atoms with E-state index < -0.39 is 5.43 Å². The van der Waals surface area contributed by atoms with Gasteiger partial charge in [0.15, 0.2) is 11.2 Å². The van der Waals surface area contributed by atoms with Crippen molar-refractivity contribution >= 4 is 45.1 Å². The Morgan fingerprint density at radius 1 is 1.05 bits per heavy atom. The maximum Gasteiger partial charge on any atom is 0.204 e. The Labute approximate surface area is 134 Å². The highest BCUT2D eigenvalue weighted by atomic mass is 35.5. The molecule has 0 atom stereocenters. The van der Waals surface area contributed by atoms with E-state index in [1.165, 1.54) is 19.2 Å². The van der Waals surface area contributed by atoms with E-state index in [0.29, 0.717) is 5.56 Å². The van der Waals surface area contributed by atoms with Crippen LogP contribution in [0, 0.1) is 6.92 Å². The predicted molar refractivity (Wildman–Crippen MR) is 84.6 cm³/mol. The average Bonchev–Trinajstić information content (AvgIpc) is 2.47. The molecule has 2 aromatic carbocycles. The molecule has 0 spiro atoms. The van der Waals surface area contributed by atoms with Gasteiger partial charge in [-0.15, -0.1) is 0 Å². The van der Waals surface area contributed by atoms with Crippen molar-refractivity contribution < 1.29 is 19.4 Å². The highest BCUT2D eigenvalue weighted by molar-refractivity contribution is 6.38. The molecule has 0 aliphatic heterocycles. The maximum atomic E-state index is 12.7. The number of methoxy groups -OCH3 is 1. The zero-order chi connectivity index (χ0) is 16.2. The van der Waals surface area contributed by atoms with Crippen molar-refractivity contribution in [2.24, 2.45) is 0 Å². The van der Waals surface area contributed by atoms with Gasteiger partial charge in [0.1, 0.15) is 32.7 Å². The second-order valence-electron chi connectivity index (χ2n) is 4.78. The molecule has 0 bridgehead atoms. The molecule has 2 N–H and O–H groups in total. The maximum absolute atomic E-state index is 12.7. The molecule has 3 rings (SSSR count). The Kier molecular flexibility index (Phi) is 3.34. The first-order valence-corrected chi connectivity index (χ1v) is 6.96. The number of phenolic OH excluding ortho intramolecular Hbond substituents is 2. The summed E-state index contributed by atoms with van der Waals surface area (Å²) in [5, 5.41) is 19.9. The minimum absolute atomic E-state index is 0.00576. The van der Waals surface area contributed by atoms with Crippen LogP contribution in [0.5, 0.6) is 17.2 Å². The van der Waals surface area contributed by atoms with Crippen LogP contribution >= 0.6 is 23.2 Å². The molecule has 7 heteroatoms. The molecule has 0 aliphatic carbocycles. The molecule has 0 aliphatic rings. The van der Waals surface area contributed by atoms with Crippen molar-refractivity contribution in [3.05, 3.63) is 38.0 Å². The van der Waals surface area contributed by atoms with Crippen LogP contribution in [0.4, 0.5) is 0 Å². The molecular formula is C15H10Cl2O5. The molecule has 5 nitrogen and oxygen atoms in total. The minimum atomic E-state index is -0.488. The molecule has 0 fully saturated rings. The van der Waals surface area contributed by atoms with Gasteiger partial charge in [0.25, 0.3) is 0 Å². The standard InChI is InChI=1S/C15H10Cl2O5/c1-5-3-7(19)11(16)14-9(5)13(20)10-6(18)4-8(21-2)12(17)15(10)22-14/h3-4,18-19H,1-2H3. The van der Waals surface area contributed by atoms with E-state index >= 15 is 0 Å². The molecule has 0 saturated heterocycles. The van der Waals surface area contributed by atoms with Crippen molar-refractivity contribution in [1.29, 1.82) is 0 Å². The number of aryl methyl sites for hydroxylation is 1. The lowest BCUT2D eigenvalue weighted by molar-refractivity contribution is 0.408. The van der Waals surface area contributed by atoms with Crippen LogP contribution in [0.1, 0.15) is 5.56 Å². The summed E-state index contributed by atoms with van der Waals surface area (Å²) in [4.78, 5) is 12.7. The van der Waals surface area contributed by atoms with Gasteiger partial charge in [0.05, 0.1) is 12.5 Å². The highest BCUT2D eigenvalue weighted by Crippen LogP contribution is 2.41. The molecule has 0 amide bonds. The number of phenols is 2. The highest BCUT2D eigenvalue weighted by Gasteiger charge is 2.21. The Morgan fingerprint density at radius 3 is 2.32 bits per heavy atom. The van der Waals surface area contributed by atoms with Crippen molar-refractivity contribution in [1.82, 2.24) is 0 Å². The van der Waals surface area contributed by atoms with E-state index in [0.717, 1.165) is 0 Å². The monoisotopic (exact) mass is 340 g/mol. The zero-order valence-electron chi connectivity index (χ0n) is 11.5. The number of rotatable bonds is 1. The molecular weight excluding hydrogens is 331 g/mol. The smallest absolute Gasteiger partial charge is 0.204 e. The third-order valence-corrected chi connectivity index (χ3v) is 4.17. The summed E-state index contributed by atoms with van der Waals surface area (Å²) in [6.07, 6.45) is 0. The molecule has 0 radical (unpaired) electrons. The SMILES string of the molecule is COc1cc(O)c2c(=O)c3c(C)cc(O)c(Cl)c3oc2c1Cl. The molecule has 0 unspecified atom stereocenters. The van der Waals surface area contributed by atoms with Gasteiger partial charge >= 0.3 is 0 Å². The fourth-order valence-electron chi connectivity index (χ4n) is 2.41. The lowest BCUT2D eigenvalue weighted by Gasteiger charge is -2.11. The predicted octanol–water partition coefficient (Wildman–Crippen LogP) is 3.98. The minimum Gasteiger partial charge on any atom is -0.507 e. The quantitative estimate of drug-likeness (QED) is 0.655. The number of aromatic hydroxyl groups is 2. The lowest BCUT2D eigenvalue weighted by atomic mass is 10.1. The van der Waals surface area contributed by atoms with E-state index in [2.05, 4.69) is 0 Å². The molecule has 0 saturated carbocycles. The van der Waals surface area contributed by atoms with Gasteiger partial charge in [-0.05, 0) is 18.6 Å². The van der Waals surface area contributed by atoms with Gasteiger partial charge in [-0.3, -0.25) is 4.79 Å². The van der Waals surface area contributed by atoms with E-state index in [1.807, 2.05) is 0 Å². The van der Waals surface area contributed by atoms with Crippen LogP contribution in [-0.4, -0.2) is 17.3 Å². The van der Waals surface area contributed by atoms with Gasteiger partial charge in [-0.25, -0.2) is 0 Å². The van der Waals surface area contributed by atoms with Crippen molar-refractivity contribution in [3.63, 3.8) is 0 Å². The van der Waals surface area contributed by atoms with Gasteiger partial charge in [0.2, 0.25) is 5.43 Å². The van der Waals surface area contributed by atoms with E-state index in [1.54, 1.807) is 6.92 Å². The third-order valence-electron chi connectivity index (χ3n) is 3.44. The van der Waals surface area contributed by atoms with Crippen LogP contribution in [0.3, 0.4) is 0 Å². The number of hydrogen-bond acceptors (Lipinski definition) is 5. The summed E-state index contributed by atoms with van der Waals surface area (Å²) in [6, 6.07) is 2.60. The number of hydrogen-bond donors (Lipinski definition) is 2. The van der Waals surface area contributed by atoms with Gasteiger partial charge < -0.3 is 19.4 Å². The largest absolute Gasteiger partial charge is 0.507 e. The molecule has 1 heterocycles. The average molecular weight is 341 g/mol. The molecule has 1 aromatic heterocycles. The fraction of sp³-hybridized carbons (Fsp3) is 0.133. The Hall–Kier alpha value is -2.11. The Bertz CT molecular complexity index is 991. The van der Waals surface area contributed by atoms with Crippen molar-refractivity contribution in [2.75, 3.05) is 7.11 Å². The Balaban J connectivity index is 2.68. The van der Waals surface area contributed by atoms with E-state index in [9.17, 15) is 15.0 Å². The first-order chi connectivity index (χ1) is 10.4. The van der Waals surface area contributed by atoms with E-state index in [-0.39, 0.29) is 49.2 Å². The van der Waals surface area contributed by atoms with Gasteiger partial charge in [0, 0.05) is 6.07 Å².